The molecule has 5 nitrogen and oxygen atoms in total. The largest absolute Gasteiger partial charge is 0.340 e. The van der Waals surface area contributed by atoms with Crippen LogP contribution < -0.4 is 16.0 Å². The lowest BCUT2D eigenvalue weighted by Gasteiger charge is -2.31. The topological polar surface area (TPSA) is 67.1 Å². The normalized spacial score (nSPS) is 18.1. The number of rotatable bonds is 3. The van der Waals surface area contributed by atoms with Crippen molar-refractivity contribution in [3.63, 3.8) is 0 Å². The van der Waals surface area contributed by atoms with E-state index in [-0.39, 0.29) is 16.9 Å². The second-order valence-corrected chi connectivity index (χ2v) is 10.3. The van der Waals surface area contributed by atoms with Crippen LogP contribution in [0.3, 0.4) is 0 Å². The van der Waals surface area contributed by atoms with Gasteiger partial charge >= 0.3 is 0 Å². The second kappa shape index (κ2) is 7.94. The molecule has 1 atom stereocenters. The number of nitrogens with one attached hydrogen (secondary N) is 1. The van der Waals surface area contributed by atoms with E-state index in [4.69, 9.17) is 10.7 Å². The third-order valence-electron chi connectivity index (χ3n) is 5.52. The van der Waals surface area contributed by atoms with Crippen LogP contribution in [0.25, 0.3) is 0 Å². The van der Waals surface area contributed by atoms with Crippen LogP contribution in [-0.2, 0) is 10.8 Å². The number of nitrogens with two attached hydrogens (primary N) is 1. The molecule has 29 heavy (non-hydrogen) atoms. The van der Waals surface area contributed by atoms with Crippen LogP contribution >= 0.6 is 0 Å². The molecule has 0 spiro atoms. The van der Waals surface area contributed by atoms with Crippen molar-refractivity contribution in [2.24, 2.45) is 5.73 Å². The fraction of sp³-hybridized carbons (Fsp3) is 0.542. The Morgan fingerprint density at radius 2 is 1.69 bits per heavy atom. The molecular weight excluding hydrogens is 358 g/mol. The summed E-state index contributed by atoms with van der Waals surface area (Å²) in [4.78, 5) is 11.5. The van der Waals surface area contributed by atoms with Gasteiger partial charge < -0.3 is 16.0 Å². The predicted octanol–water partition coefficient (Wildman–Crippen LogP) is 4.92. The van der Waals surface area contributed by atoms with Gasteiger partial charge in [-0.3, -0.25) is 0 Å². The number of hydrogen-bond donors (Lipinski definition) is 2. The number of piperidine rings is 1. The van der Waals surface area contributed by atoms with Crippen molar-refractivity contribution >= 4 is 17.5 Å². The van der Waals surface area contributed by atoms with Crippen LogP contribution in [0.5, 0.6) is 0 Å². The lowest BCUT2D eigenvalue weighted by atomic mass is 9.80. The van der Waals surface area contributed by atoms with Gasteiger partial charge in [-0.1, -0.05) is 47.6 Å². The van der Waals surface area contributed by atoms with E-state index < -0.39 is 0 Å². The maximum Gasteiger partial charge on any atom is 0.227 e. The van der Waals surface area contributed by atoms with Crippen molar-refractivity contribution in [3.8, 4) is 0 Å². The highest BCUT2D eigenvalue weighted by Gasteiger charge is 2.22. The molecule has 1 aromatic heterocycles. The Balaban J connectivity index is 1.96. The molecule has 5 heteroatoms. The number of anilines is 3. The van der Waals surface area contributed by atoms with Crippen molar-refractivity contribution in [1.82, 2.24) is 9.97 Å². The van der Waals surface area contributed by atoms with E-state index in [1.807, 2.05) is 0 Å². The van der Waals surface area contributed by atoms with Crippen LogP contribution in [-0.4, -0.2) is 29.1 Å². The van der Waals surface area contributed by atoms with Gasteiger partial charge in [-0.25, -0.2) is 4.98 Å². The zero-order valence-electron chi connectivity index (χ0n) is 18.8. The zero-order chi connectivity index (χ0) is 21.4. The summed E-state index contributed by atoms with van der Waals surface area (Å²) < 4.78 is 0. The Kier molecular flexibility index (Phi) is 5.91. The minimum Gasteiger partial charge on any atom is -0.340 e. The molecule has 3 N–H and O–H groups in total. The molecule has 1 radical (unpaired) electrons. The number of hydrogen-bond acceptors (Lipinski definition) is 5. The van der Waals surface area contributed by atoms with Gasteiger partial charge in [0.05, 0.1) is 0 Å². The van der Waals surface area contributed by atoms with Crippen LogP contribution in [0.1, 0.15) is 71.1 Å². The maximum atomic E-state index is 6.14. The first kappa shape index (κ1) is 21.6. The van der Waals surface area contributed by atoms with Gasteiger partial charge in [0.25, 0.3) is 0 Å². The first-order valence-electron chi connectivity index (χ1n) is 10.6. The minimum atomic E-state index is 0.0613. The van der Waals surface area contributed by atoms with E-state index >= 15 is 0 Å². The van der Waals surface area contributed by atoms with Gasteiger partial charge in [0.1, 0.15) is 5.82 Å². The van der Waals surface area contributed by atoms with E-state index in [1.165, 1.54) is 11.1 Å². The van der Waals surface area contributed by atoms with Crippen molar-refractivity contribution in [2.75, 3.05) is 23.3 Å². The van der Waals surface area contributed by atoms with Gasteiger partial charge in [0, 0.05) is 36.6 Å². The molecule has 1 fully saturated rings. The molecular formula is C24H36N5. The van der Waals surface area contributed by atoms with Gasteiger partial charge in [0.15, 0.2) is 0 Å². The minimum absolute atomic E-state index is 0.0613. The van der Waals surface area contributed by atoms with Crippen LogP contribution in [0.2, 0.25) is 0 Å². The van der Waals surface area contributed by atoms with Gasteiger partial charge in [-0.15, -0.1) is 0 Å². The predicted molar refractivity (Wildman–Crippen MR) is 123 cm³/mol. The standard InChI is InChI=1S/C24H36N5/c1-16-14-26-22(29-10-8-9-19(25)15-29)28-21(16)27-20-12-17(23(2,3)4)11-18(13-20)24(5,6)7/h11-14,19H,1,8-10,15,25H2,2-7H3,(H,26,27,28)/t19-/m1/s1. The summed E-state index contributed by atoms with van der Waals surface area (Å²) in [7, 11) is 0. The van der Waals surface area contributed by atoms with Crippen LogP contribution in [0.15, 0.2) is 24.4 Å². The fourth-order valence-electron chi connectivity index (χ4n) is 3.55. The van der Waals surface area contributed by atoms with Crippen molar-refractivity contribution in [3.05, 3.63) is 48.0 Å². The lowest BCUT2D eigenvalue weighted by molar-refractivity contribution is 0.500. The average molecular weight is 395 g/mol. The van der Waals surface area contributed by atoms with E-state index in [0.29, 0.717) is 0 Å². The first-order valence-corrected chi connectivity index (χ1v) is 10.6. The molecule has 0 saturated carbocycles. The van der Waals surface area contributed by atoms with Gasteiger partial charge in [-0.2, -0.15) is 4.98 Å². The Morgan fingerprint density at radius 3 is 2.24 bits per heavy atom. The van der Waals surface area contributed by atoms with E-state index in [0.717, 1.165) is 48.9 Å². The Morgan fingerprint density at radius 1 is 1.07 bits per heavy atom. The zero-order valence-corrected chi connectivity index (χ0v) is 18.8. The molecule has 0 unspecified atom stereocenters. The molecule has 1 saturated heterocycles. The summed E-state index contributed by atoms with van der Waals surface area (Å²) in [5.74, 6) is 1.47. The second-order valence-electron chi connectivity index (χ2n) is 10.3. The summed E-state index contributed by atoms with van der Waals surface area (Å²) >= 11 is 0. The maximum absolute atomic E-state index is 6.14. The van der Waals surface area contributed by atoms with Crippen molar-refractivity contribution < 1.29 is 0 Å². The van der Waals surface area contributed by atoms with E-state index in [2.05, 4.69) is 81.9 Å². The van der Waals surface area contributed by atoms with Crippen LogP contribution in [0.4, 0.5) is 17.5 Å². The Hall–Kier alpha value is -2.14. The molecule has 0 aliphatic carbocycles. The Labute approximate surface area is 176 Å². The average Bonchev–Trinajstić information content (AvgIpc) is 2.62. The summed E-state index contributed by atoms with van der Waals surface area (Å²) in [6.07, 6.45) is 3.93. The smallest absolute Gasteiger partial charge is 0.227 e. The highest BCUT2D eigenvalue weighted by Crippen LogP contribution is 2.33. The summed E-state index contributed by atoms with van der Waals surface area (Å²) in [6.45, 7) is 19.3. The monoisotopic (exact) mass is 394 g/mol. The van der Waals surface area contributed by atoms with Gasteiger partial charge in [0.2, 0.25) is 5.95 Å². The molecule has 2 heterocycles. The molecule has 1 aliphatic heterocycles. The first-order chi connectivity index (χ1) is 13.4. The van der Waals surface area contributed by atoms with E-state index in [1.54, 1.807) is 6.20 Å². The van der Waals surface area contributed by atoms with Gasteiger partial charge in [-0.05, 0) is 53.9 Å². The summed E-state index contributed by atoms with van der Waals surface area (Å²) in [6, 6.07) is 6.93. The highest BCUT2D eigenvalue weighted by molar-refractivity contribution is 5.63. The molecule has 0 bridgehead atoms. The highest BCUT2D eigenvalue weighted by atomic mass is 15.3. The fourth-order valence-corrected chi connectivity index (χ4v) is 3.55. The number of aromatic nitrogens is 2. The molecule has 0 amide bonds. The summed E-state index contributed by atoms with van der Waals surface area (Å²) in [5, 5.41) is 3.52. The van der Waals surface area contributed by atoms with Crippen LogP contribution in [0, 0.1) is 6.92 Å². The molecule has 2 aromatic rings. The summed E-state index contributed by atoms with van der Waals surface area (Å²) in [5.41, 5.74) is 10.7. The molecule has 1 aromatic carbocycles. The molecule has 157 valence electrons. The lowest BCUT2D eigenvalue weighted by Crippen LogP contribution is -2.43. The molecule has 1 aliphatic rings. The third-order valence-corrected chi connectivity index (χ3v) is 5.52. The SMILES string of the molecule is [CH2]c1cnc(N2CCC[C@@H](N)C2)nc1Nc1cc(C(C)(C)C)cc(C(C)(C)C)c1. The number of nitrogens with zero attached hydrogens (tertiary/aromatic N) is 3. The third kappa shape index (κ3) is 5.27. The van der Waals surface area contributed by atoms with Crippen molar-refractivity contribution in [1.29, 1.82) is 0 Å². The molecule has 3 rings (SSSR count). The van der Waals surface area contributed by atoms with E-state index in [9.17, 15) is 0 Å². The Bertz CT molecular complexity index is 828. The number of benzene rings is 1. The quantitative estimate of drug-likeness (QED) is 0.773. The van der Waals surface area contributed by atoms with Crippen molar-refractivity contribution in [2.45, 2.75) is 71.3 Å².